The number of carbonyl (C=O) groups excluding carboxylic acids is 16. The van der Waals surface area contributed by atoms with Crippen molar-refractivity contribution in [2.45, 2.75) is 459 Å². The van der Waals surface area contributed by atoms with E-state index in [1.165, 1.54) is 88.7 Å². The van der Waals surface area contributed by atoms with E-state index in [1.807, 2.05) is 42.5 Å². The Kier molecular flexibility index (Phi) is 65.5. The van der Waals surface area contributed by atoms with Gasteiger partial charge in [-0.05, 0) is 304 Å². The van der Waals surface area contributed by atoms with Crippen LogP contribution in [0.4, 0.5) is 0 Å². The van der Waals surface area contributed by atoms with E-state index in [0.29, 0.717) is 92.9 Å². The van der Waals surface area contributed by atoms with Gasteiger partial charge in [0.15, 0.2) is 0 Å². The standard InChI is InChI=1S/C17H30N2O2.C15H27NO2.C14H27NO2.C14H24O2.C14H18O2.C12H21NO2.C12H14O2.C11H21NO2/c1-12(20)18-16-7-3-14(4-8-16)11-15-5-9-17(10-6-15)19-13(2)21;1-11(17)6-7-15(5)9-13(16-12(2)18)8-14(3,4)10-15;1-11(7-6-8-12(2)16)9-14(4,5)10-15-13(3)17;2*1-11(15)6-8-13-4-3-5-14(10-13)9-7-12(2)16;1-9(14)6-7-11-4-3-5-12(8-11)13-10(2)15;1-9(13)7-11-3-5-12(6-4-11)8-10(2)14;1-10(13)8-6-4-3-5-7-9-12-11(2)14/h14-17H,3-11H2,1-2H3,(H,18,20)(H,19,21);13H,6-10H2,1-5H3,(H,16,18);11H,6-10H2,1-5H3,(H,15,17);13-14H,3-10H2,1-2H3;3-5,10H,6-9H2,1-2H3;11-12H,3-8H2,1-2H3,(H,13,15);3-6H,7-8H2,1-2H3;3-9H2,1-2H3,(H,12,14). The molecule has 5 saturated carbocycles. The smallest absolute Gasteiger partial charge is 0.217 e. The highest BCUT2D eigenvalue weighted by Crippen LogP contribution is 2.49. The number of ketones is 10. The number of amides is 6. The Hall–Kier alpha value is -8.04. The molecule has 7 rings (SSSR count). The average Bonchev–Trinajstić information content (AvgIpc) is 0.797. The van der Waals surface area contributed by atoms with Crippen LogP contribution in [-0.4, -0.2) is 131 Å². The van der Waals surface area contributed by atoms with E-state index in [1.54, 1.807) is 104 Å². The van der Waals surface area contributed by atoms with Crippen molar-refractivity contribution in [2.75, 3.05) is 13.1 Å². The molecule has 7 unspecified atom stereocenters. The Labute approximate surface area is 792 Å². The van der Waals surface area contributed by atoms with Gasteiger partial charge in [0.25, 0.3) is 0 Å². The third-order valence-electron chi connectivity index (χ3n) is 25.4. The molecule has 0 aromatic heterocycles. The Balaban J connectivity index is 0.00000148. The van der Waals surface area contributed by atoms with Gasteiger partial charge in [0.05, 0.1) is 0 Å². The van der Waals surface area contributed by atoms with Gasteiger partial charge in [0.2, 0.25) is 35.4 Å². The van der Waals surface area contributed by atoms with Crippen molar-refractivity contribution in [3.63, 3.8) is 0 Å². The van der Waals surface area contributed by atoms with Crippen molar-refractivity contribution in [3.05, 3.63) is 70.8 Å². The quantitative estimate of drug-likeness (QED) is 0.0336. The van der Waals surface area contributed by atoms with Gasteiger partial charge >= 0.3 is 0 Å². The molecule has 131 heavy (non-hydrogen) atoms. The lowest BCUT2D eigenvalue weighted by molar-refractivity contribution is -0.121. The normalized spacial score (nSPS) is 20.7. The van der Waals surface area contributed by atoms with Gasteiger partial charge in [-0.25, -0.2) is 0 Å². The predicted molar refractivity (Wildman–Crippen MR) is 529 cm³/mol. The molecule has 0 aliphatic heterocycles. The zero-order valence-electron chi connectivity index (χ0n) is 86.0. The summed E-state index contributed by atoms with van der Waals surface area (Å²) in [4.78, 5) is 174. The lowest BCUT2D eigenvalue weighted by atomic mass is 9.61. The minimum atomic E-state index is 0.0299. The van der Waals surface area contributed by atoms with Crippen LogP contribution in [0.15, 0.2) is 48.5 Å². The van der Waals surface area contributed by atoms with Crippen molar-refractivity contribution in [1.29, 1.82) is 0 Å². The molecule has 7 atom stereocenters. The minimum Gasteiger partial charge on any atom is -0.356 e. The first-order chi connectivity index (χ1) is 61.3. The lowest BCUT2D eigenvalue weighted by Crippen LogP contribution is -2.46. The molecule has 5 aliphatic carbocycles. The van der Waals surface area contributed by atoms with E-state index in [-0.39, 0.29) is 104 Å². The molecule has 5 aliphatic rings. The van der Waals surface area contributed by atoms with Crippen LogP contribution >= 0.6 is 0 Å². The number of hydrogen-bond acceptors (Lipinski definition) is 16. The molecule has 0 saturated heterocycles. The van der Waals surface area contributed by atoms with Crippen LogP contribution in [0, 0.1) is 51.8 Å². The molecule has 2 aromatic rings. The summed E-state index contributed by atoms with van der Waals surface area (Å²) in [5.41, 5.74) is 4.89. The number of carbonyl (C=O) groups is 16. The second-order valence-electron chi connectivity index (χ2n) is 41.8. The molecule has 744 valence electrons. The summed E-state index contributed by atoms with van der Waals surface area (Å²) in [5.74, 6) is 7.22. The van der Waals surface area contributed by atoms with Crippen LogP contribution < -0.4 is 31.9 Å². The third-order valence-corrected chi connectivity index (χ3v) is 25.4. The van der Waals surface area contributed by atoms with Crippen LogP contribution in [0.5, 0.6) is 0 Å². The maximum atomic E-state index is 11.2. The van der Waals surface area contributed by atoms with Gasteiger partial charge in [0.1, 0.15) is 57.8 Å². The van der Waals surface area contributed by atoms with Crippen molar-refractivity contribution in [3.8, 4) is 0 Å². The highest BCUT2D eigenvalue weighted by molar-refractivity contribution is 5.81. The average molecular weight is 1830 g/mol. The van der Waals surface area contributed by atoms with Gasteiger partial charge < -0.3 is 70.3 Å². The molecule has 2 aromatic carbocycles. The fourth-order valence-corrected chi connectivity index (χ4v) is 19.3. The summed E-state index contributed by atoms with van der Waals surface area (Å²) in [6, 6.07) is 17.2. The van der Waals surface area contributed by atoms with E-state index in [9.17, 15) is 76.7 Å². The van der Waals surface area contributed by atoms with Gasteiger partial charge in [0, 0.05) is 143 Å². The van der Waals surface area contributed by atoms with Crippen molar-refractivity contribution >= 4 is 93.3 Å². The molecular formula is C109H182N6O16. The Morgan fingerprint density at radius 2 is 0.733 bits per heavy atom. The Bertz CT molecular complexity index is 3610. The number of hydrogen-bond donors (Lipinski definition) is 6. The summed E-state index contributed by atoms with van der Waals surface area (Å²) in [5, 5.41) is 17.8. The van der Waals surface area contributed by atoms with Crippen LogP contribution in [0.25, 0.3) is 0 Å². The minimum absolute atomic E-state index is 0.0299. The van der Waals surface area contributed by atoms with Crippen LogP contribution in [-0.2, 0) is 102 Å². The van der Waals surface area contributed by atoms with Crippen LogP contribution in [0.3, 0.4) is 0 Å². The van der Waals surface area contributed by atoms with Gasteiger partial charge in [-0.3, -0.25) is 38.4 Å². The van der Waals surface area contributed by atoms with E-state index in [0.717, 1.165) is 208 Å². The molecule has 22 heteroatoms. The van der Waals surface area contributed by atoms with Crippen molar-refractivity contribution < 1.29 is 76.7 Å². The topological polar surface area (TPSA) is 345 Å². The molecule has 0 bridgehead atoms. The monoisotopic (exact) mass is 1830 g/mol. The zero-order valence-corrected chi connectivity index (χ0v) is 86.0. The van der Waals surface area contributed by atoms with Crippen molar-refractivity contribution in [2.24, 2.45) is 51.8 Å². The highest BCUT2D eigenvalue weighted by Gasteiger charge is 2.41. The molecule has 22 nitrogen and oxygen atoms in total. The summed E-state index contributed by atoms with van der Waals surface area (Å²) in [6.07, 6.45) is 44.3. The Morgan fingerprint density at radius 1 is 0.359 bits per heavy atom. The predicted octanol–water partition coefficient (Wildman–Crippen LogP) is 21.1. The van der Waals surface area contributed by atoms with Gasteiger partial charge in [-0.15, -0.1) is 0 Å². The summed E-state index contributed by atoms with van der Waals surface area (Å²) >= 11 is 0. The summed E-state index contributed by atoms with van der Waals surface area (Å²) < 4.78 is 0. The number of nitrogens with one attached hydrogen (secondary N) is 6. The largest absolute Gasteiger partial charge is 0.356 e. The molecule has 0 radical (unpaired) electrons. The number of aryl methyl sites for hydroxylation is 2. The molecular weight excluding hydrogens is 1650 g/mol. The first-order valence-corrected chi connectivity index (χ1v) is 50.0. The molecule has 0 spiro atoms. The second-order valence-corrected chi connectivity index (χ2v) is 41.8. The molecule has 6 amide bonds. The van der Waals surface area contributed by atoms with E-state index in [2.05, 4.69) is 79.5 Å². The molecule has 5 fully saturated rings. The highest BCUT2D eigenvalue weighted by atomic mass is 16.2. The van der Waals surface area contributed by atoms with E-state index >= 15 is 0 Å². The number of benzene rings is 2. The molecule has 6 N–H and O–H groups in total. The van der Waals surface area contributed by atoms with E-state index < -0.39 is 0 Å². The van der Waals surface area contributed by atoms with E-state index in [4.69, 9.17) is 0 Å². The fourth-order valence-electron chi connectivity index (χ4n) is 19.3. The first kappa shape index (κ1) is 123. The number of Topliss-reactive ketones (excluding diaryl/α,β-unsaturated/α-hetero) is 10. The zero-order chi connectivity index (χ0) is 99.2. The summed E-state index contributed by atoms with van der Waals surface area (Å²) in [7, 11) is 0. The first-order valence-electron chi connectivity index (χ1n) is 50.0. The van der Waals surface area contributed by atoms with Crippen LogP contribution in [0.2, 0.25) is 0 Å². The van der Waals surface area contributed by atoms with Crippen LogP contribution in [0.1, 0.15) is 431 Å². The maximum Gasteiger partial charge on any atom is 0.217 e. The maximum absolute atomic E-state index is 11.2. The lowest BCUT2D eigenvalue weighted by Gasteiger charge is -2.47. The molecule has 0 heterocycles. The number of unbranched alkanes of at least 4 members (excludes halogenated alkanes) is 4. The number of rotatable bonds is 44. The van der Waals surface area contributed by atoms with Gasteiger partial charge in [-0.2, -0.15) is 0 Å². The van der Waals surface area contributed by atoms with Crippen molar-refractivity contribution in [1.82, 2.24) is 31.9 Å². The SMILES string of the molecule is CC(=O)CCC1(C)CC(NC(C)=O)CC(C)(C)C1.CC(=O)CCC1CCCC(CCC(C)=O)C1.CC(=O)CCC1CCCC(NC(C)=O)C1.CC(=O)CCCC(C)CC(C)(C)CNC(C)=O.CC(=O)CCCCCCCNC(C)=O.CC(=O)CCc1cccc(CCC(C)=O)c1.CC(=O)Cc1ccc(CC(C)=O)cc1.CC(=O)NC1CCC(CC2CCC(NC(C)=O)CC2)CC1. The summed E-state index contributed by atoms with van der Waals surface area (Å²) in [6.45, 7) is 40.6. The Morgan fingerprint density at radius 3 is 1.13 bits per heavy atom. The fraction of sp³-hybridized carbons (Fsp3) is 0.743. The van der Waals surface area contributed by atoms with Gasteiger partial charge in [-0.1, -0.05) is 148 Å². The second kappa shape index (κ2) is 69.7. The third kappa shape index (κ3) is 73.1.